The van der Waals surface area contributed by atoms with Gasteiger partial charge in [-0.1, -0.05) is 6.42 Å². The molecule has 0 radical (unpaired) electrons. The lowest BCUT2D eigenvalue weighted by atomic mass is 10.4. The number of aromatic nitrogens is 2. The zero-order chi connectivity index (χ0) is 7.40. The number of hydrogen-bond acceptors (Lipinski definition) is 3. The van der Waals surface area contributed by atoms with E-state index in [0.29, 0.717) is 0 Å². The monoisotopic (exact) mass is 136 g/mol. The number of hydrogen-bond donors (Lipinski definition) is 1. The highest BCUT2D eigenvalue weighted by Gasteiger charge is 2.05. The zero-order valence-corrected chi connectivity index (χ0v) is 5.00. The first-order valence-electron chi connectivity index (χ1n) is 2.50. The standard InChI is InChI=1S/C6H4N2O2/c1-2-10-6(9)5-3-4-7-8-5/h1,3-4H,(H,7,8). The summed E-state index contributed by atoms with van der Waals surface area (Å²) >= 11 is 0. The van der Waals surface area contributed by atoms with Crippen LogP contribution in [0.3, 0.4) is 0 Å². The molecular weight excluding hydrogens is 132 g/mol. The van der Waals surface area contributed by atoms with Crippen molar-refractivity contribution < 1.29 is 9.53 Å². The summed E-state index contributed by atoms with van der Waals surface area (Å²) < 4.78 is 4.20. The molecule has 4 heteroatoms. The summed E-state index contributed by atoms with van der Waals surface area (Å²) in [5.41, 5.74) is 0.248. The van der Waals surface area contributed by atoms with Gasteiger partial charge in [-0.05, 0) is 6.07 Å². The topological polar surface area (TPSA) is 55.0 Å². The number of rotatable bonds is 1. The molecule has 0 aliphatic carbocycles. The maximum absolute atomic E-state index is 10.7. The highest BCUT2D eigenvalue weighted by molar-refractivity contribution is 5.87. The molecule has 1 aromatic heterocycles. The molecule has 0 aliphatic rings. The van der Waals surface area contributed by atoms with E-state index in [1.165, 1.54) is 12.3 Å². The van der Waals surface area contributed by atoms with Crippen LogP contribution in [0.2, 0.25) is 0 Å². The van der Waals surface area contributed by atoms with E-state index >= 15 is 0 Å². The fourth-order valence-corrected chi connectivity index (χ4v) is 0.478. The molecule has 0 saturated carbocycles. The minimum atomic E-state index is -0.597. The van der Waals surface area contributed by atoms with Crippen LogP contribution in [-0.4, -0.2) is 16.2 Å². The lowest BCUT2D eigenvalue weighted by molar-refractivity contribution is 0.0684. The van der Waals surface area contributed by atoms with Crippen LogP contribution in [0.4, 0.5) is 0 Å². The number of esters is 1. The van der Waals surface area contributed by atoms with E-state index in [1.807, 2.05) is 0 Å². The maximum Gasteiger partial charge on any atom is 0.370 e. The van der Waals surface area contributed by atoms with Gasteiger partial charge in [0.2, 0.25) is 0 Å². The molecule has 0 amide bonds. The summed E-state index contributed by atoms with van der Waals surface area (Å²) in [6.45, 7) is 0. The molecule has 0 aromatic carbocycles. The lowest BCUT2D eigenvalue weighted by Gasteiger charge is -1.88. The fourth-order valence-electron chi connectivity index (χ4n) is 0.478. The van der Waals surface area contributed by atoms with E-state index < -0.39 is 5.97 Å². The number of carbonyl (C=O) groups is 1. The summed E-state index contributed by atoms with van der Waals surface area (Å²) in [6.07, 6.45) is 7.90. The molecule has 0 saturated heterocycles. The Morgan fingerprint density at radius 3 is 3.20 bits per heavy atom. The zero-order valence-electron chi connectivity index (χ0n) is 5.00. The normalized spacial score (nSPS) is 8.30. The van der Waals surface area contributed by atoms with E-state index in [0.717, 1.165) is 0 Å². The largest absolute Gasteiger partial charge is 0.370 e. The summed E-state index contributed by atoms with van der Waals surface area (Å²) in [5, 5.41) is 5.93. The van der Waals surface area contributed by atoms with Crippen LogP contribution in [0.5, 0.6) is 0 Å². The van der Waals surface area contributed by atoms with Gasteiger partial charge in [-0.2, -0.15) is 5.10 Å². The Morgan fingerprint density at radius 1 is 1.90 bits per heavy atom. The molecule has 0 bridgehead atoms. The van der Waals surface area contributed by atoms with Gasteiger partial charge in [-0.15, -0.1) is 0 Å². The number of nitrogens with one attached hydrogen (secondary N) is 1. The average Bonchev–Trinajstić information content (AvgIpc) is 2.38. The predicted molar refractivity (Wildman–Crippen MR) is 32.8 cm³/mol. The Labute approximate surface area is 57.2 Å². The molecule has 0 aliphatic heterocycles. The Balaban J connectivity index is 2.71. The molecule has 10 heavy (non-hydrogen) atoms. The number of carbonyl (C=O) groups excluding carboxylic acids is 1. The summed E-state index contributed by atoms with van der Waals surface area (Å²) in [7, 11) is 0. The molecular formula is C6H4N2O2. The predicted octanol–water partition coefficient (Wildman–Crippen LogP) is 0.157. The maximum atomic E-state index is 10.7. The van der Waals surface area contributed by atoms with Gasteiger partial charge in [-0.25, -0.2) is 4.79 Å². The molecule has 0 fully saturated rings. The first-order chi connectivity index (χ1) is 4.84. The van der Waals surface area contributed by atoms with Crippen LogP contribution in [0.15, 0.2) is 12.3 Å². The van der Waals surface area contributed by atoms with Crippen LogP contribution >= 0.6 is 0 Å². The van der Waals surface area contributed by atoms with Gasteiger partial charge in [0.05, 0.1) is 0 Å². The molecule has 1 N–H and O–H groups in total. The molecule has 1 rings (SSSR count). The van der Waals surface area contributed by atoms with E-state index in [4.69, 9.17) is 6.42 Å². The van der Waals surface area contributed by atoms with Crippen molar-refractivity contribution in [2.24, 2.45) is 0 Å². The SMILES string of the molecule is C#COC(=O)c1ccn[nH]1. The van der Waals surface area contributed by atoms with Gasteiger partial charge in [0.25, 0.3) is 0 Å². The fraction of sp³-hybridized carbons (Fsp3) is 0. The molecule has 4 nitrogen and oxygen atoms in total. The molecule has 50 valence electrons. The number of nitrogens with zero attached hydrogens (tertiary/aromatic N) is 1. The van der Waals surface area contributed by atoms with Crippen molar-refractivity contribution >= 4 is 5.97 Å². The Kier molecular flexibility index (Phi) is 1.71. The lowest BCUT2D eigenvalue weighted by Crippen LogP contribution is -2.00. The van der Waals surface area contributed by atoms with Crippen LogP contribution in [0.1, 0.15) is 10.5 Å². The first kappa shape index (κ1) is 6.36. The third-order valence-corrected chi connectivity index (χ3v) is 0.872. The summed E-state index contributed by atoms with van der Waals surface area (Å²) in [5.74, 6) is -0.597. The van der Waals surface area contributed by atoms with Crippen molar-refractivity contribution in [3.8, 4) is 12.5 Å². The van der Waals surface area contributed by atoms with Gasteiger partial charge in [0.15, 0.2) is 0 Å². The second kappa shape index (κ2) is 2.69. The molecule has 1 aromatic rings. The Morgan fingerprint density at radius 2 is 2.70 bits per heavy atom. The Hall–Kier alpha value is -1.76. The molecule has 0 spiro atoms. The van der Waals surface area contributed by atoms with Gasteiger partial charge in [-0.3, -0.25) is 5.10 Å². The average molecular weight is 136 g/mol. The third-order valence-electron chi connectivity index (χ3n) is 0.872. The minimum Gasteiger partial charge on any atom is -0.368 e. The quantitative estimate of drug-likeness (QED) is 0.442. The number of ether oxygens (including phenoxy) is 1. The van der Waals surface area contributed by atoms with Crippen molar-refractivity contribution in [3.63, 3.8) is 0 Å². The number of aromatic amines is 1. The highest BCUT2D eigenvalue weighted by Crippen LogP contribution is 1.93. The second-order valence-electron chi connectivity index (χ2n) is 1.48. The van der Waals surface area contributed by atoms with Gasteiger partial charge < -0.3 is 4.74 Å². The van der Waals surface area contributed by atoms with E-state index in [9.17, 15) is 4.79 Å². The van der Waals surface area contributed by atoms with Crippen LogP contribution in [0, 0.1) is 12.5 Å². The number of H-pyrrole nitrogens is 1. The van der Waals surface area contributed by atoms with Crippen LogP contribution in [-0.2, 0) is 4.74 Å². The number of terminal acetylenes is 1. The highest BCUT2D eigenvalue weighted by atomic mass is 16.5. The Bertz CT molecular complexity index is 258. The third kappa shape index (κ3) is 1.14. The van der Waals surface area contributed by atoms with Crippen molar-refractivity contribution in [2.45, 2.75) is 0 Å². The van der Waals surface area contributed by atoms with Crippen LogP contribution < -0.4 is 0 Å². The van der Waals surface area contributed by atoms with Crippen molar-refractivity contribution in [1.29, 1.82) is 0 Å². The smallest absolute Gasteiger partial charge is 0.368 e. The van der Waals surface area contributed by atoms with Gasteiger partial charge in [0, 0.05) is 6.20 Å². The van der Waals surface area contributed by atoms with Crippen LogP contribution in [0.25, 0.3) is 0 Å². The molecule has 1 heterocycles. The first-order valence-corrected chi connectivity index (χ1v) is 2.50. The summed E-state index contributed by atoms with van der Waals surface area (Å²) in [6, 6.07) is 1.47. The molecule has 0 atom stereocenters. The van der Waals surface area contributed by atoms with Gasteiger partial charge >= 0.3 is 5.97 Å². The molecule has 0 unspecified atom stereocenters. The van der Waals surface area contributed by atoms with Crippen molar-refractivity contribution in [2.75, 3.05) is 0 Å². The van der Waals surface area contributed by atoms with E-state index in [2.05, 4.69) is 14.9 Å². The van der Waals surface area contributed by atoms with Crippen molar-refractivity contribution in [1.82, 2.24) is 10.2 Å². The van der Waals surface area contributed by atoms with Crippen molar-refractivity contribution in [3.05, 3.63) is 18.0 Å². The second-order valence-corrected chi connectivity index (χ2v) is 1.48. The minimum absolute atomic E-state index is 0.248. The van der Waals surface area contributed by atoms with E-state index in [1.54, 1.807) is 6.11 Å². The van der Waals surface area contributed by atoms with E-state index in [-0.39, 0.29) is 5.69 Å². The summed E-state index contributed by atoms with van der Waals surface area (Å²) in [4.78, 5) is 10.7. The van der Waals surface area contributed by atoms with Gasteiger partial charge in [0.1, 0.15) is 11.8 Å².